The summed E-state index contributed by atoms with van der Waals surface area (Å²) in [5.41, 5.74) is 2.24. The second-order valence-electron chi connectivity index (χ2n) is 6.44. The van der Waals surface area contributed by atoms with E-state index in [-0.39, 0.29) is 24.1 Å². The van der Waals surface area contributed by atoms with Gasteiger partial charge in [0, 0.05) is 31.9 Å². The molecular weight excluding hydrogens is 347 g/mol. The Hall–Kier alpha value is -2.89. The van der Waals surface area contributed by atoms with Crippen LogP contribution in [0.25, 0.3) is 0 Å². The number of ether oxygens (including phenoxy) is 1. The highest BCUT2D eigenvalue weighted by atomic mass is 19.1. The van der Waals surface area contributed by atoms with Crippen molar-refractivity contribution in [3.63, 3.8) is 0 Å². The first kappa shape index (κ1) is 18.9. The Morgan fingerprint density at radius 1 is 1.04 bits per heavy atom. The molecule has 0 N–H and O–H groups in total. The minimum Gasteiger partial charge on any atom is -0.462 e. The molecule has 27 heavy (non-hydrogen) atoms. The summed E-state index contributed by atoms with van der Waals surface area (Å²) < 4.78 is 18.2. The first-order chi connectivity index (χ1) is 13.1. The molecule has 2 aromatic carbocycles. The normalized spacial score (nSPS) is 14.1. The Morgan fingerprint density at radius 2 is 1.74 bits per heavy atom. The van der Waals surface area contributed by atoms with Gasteiger partial charge in [0.15, 0.2) is 0 Å². The van der Waals surface area contributed by atoms with Crippen molar-refractivity contribution in [1.82, 2.24) is 4.90 Å². The van der Waals surface area contributed by atoms with Gasteiger partial charge < -0.3 is 14.5 Å². The molecule has 142 valence electrons. The van der Waals surface area contributed by atoms with E-state index in [1.54, 1.807) is 31.2 Å². The number of carbonyl (C=O) groups is 2. The van der Waals surface area contributed by atoms with Crippen molar-refractivity contribution in [3.05, 3.63) is 65.5 Å². The van der Waals surface area contributed by atoms with E-state index >= 15 is 0 Å². The van der Waals surface area contributed by atoms with Crippen molar-refractivity contribution in [2.75, 3.05) is 37.7 Å². The Labute approximate surface area is 158 Å². The zero-order valence-corrected chi connectivity index (χ0v) is 15.4. The summed E-state index contributed by atoms with van der Waals surface area (Å²) in [6.07, 6.45) is 0.214. The number of halogens is 1. The van der Waals surface area contributed by atoms with E-state index in [4.69, 9.17) is 4.74 Å². The average molecular weight is 370 g/mol. The molecule has 0 saturated carbocycles. The summed E-state index contributed by atoms with van der Waals surface area (Å²) in [7, 11) is 0. The molecule has 0 aromatic heterocycles. The van der Waals surface area contributed by atoms with E-state index in [1.807, 2.05) is 17.0 Å². The summed E-state index contributed by atoms with van der Waals surface area (Å²) in [6, 6.07) is 13.5. The zero-order valence-electron chi connectivity index (χ0n) is 15.4. The Kier molecular flexibility index (Phi) is 6.06. The van der Waals surface area contributed by atoms with Gasteiger partial charge in [0.1, 0.15) is 5.82 Å². The number of esters is 1. The van der Waals surface area contributed by atoms with Gasteiger partial charge in [0.25, 0.3) is 0 Å². The van der Waals surface area contributed by atoms with Crippen LogP contribution < -0.4 is 4.90 Å². The van der Waals surface area contributed by atoms with Crippen LogP contribution in [-0.2, 0) is 16.0 Å². The van der Waals surface area contributed by atoms with Crippen molar-refractivity contribution in [3.8, 4) is 0 Å². The predicted molar refractivity (Wildman–Crippen MR) is 101 cm³/mol. The summed E-state index contributed by atoms with van der Waals surface area (Å²) in [5.74, 6) is -0.633. The fraction of sp³-hybridized carbons (Fsp3) is 0.333. The molecule has 1 fully saturated rings. The molecule has 0 unspecified atom stereocenters. The predicted octanol–water partition coefficient (Wildman–Crippen LogP) is 2.89. The molecular formula is C21H23FN2O3. The van der Waals surface area contributed by atoms with Gasteiger partial charge >= 0.3 is 5.97 Å². The van der Waals surface area contributed by atoms with Gasteiger partial charge in [-0.3, -0.25) is 4.79 Å². The number of carbonyl (C=O) groups excluding carboxylic acids is 2. The molecule has 0 atom stereocenters. The van der Waals surface area contributed by atoms with Gasteiger partial charge in [-0.1, -0.05) is 12.1 Å². The molecule has 0 radical (unpaired) electrons. The average Bonchev–Trinajstić information content (AvgIpc) is 2.68. The smallest absolute Gasteiger partial charge is 0.338 e. The number of amides is 1. The quantitative estimate of drug-likeness (QED) is 0.760. The van der Waals surface area contributed by atoms with Gasteiger partial charge in [-0.15, -0.1) is 0 Å². The van der Waals surface area contributed by atoms with Crippen LogP contribution in [0.15, 0.2) is 48.5 Å². The molecule has 0 aliphatic carbocycles. The number of benzene rings is 2. The van der Waals surface area contributed by atoms with Gasteiger partial charge in [-0.2, -0.15) is 0 Å². The molecule has 0 bridgehead atoms. The summed E-state index contributed by atoms with van der Waals surface area (Å²) in [6.45, 7) is 4.80. The van der Waals surface area contributed by atoms with E-state index in [2.05, 4.69) is 4.90 Å². The lowest BCUT2D eigenvalue weighted by atomic mass is 10.1. The third kappa shape index (κ3) is 4.84. The van der Waals surface area contributed by atoms with Gasteiger partial charge in [0.2, 0.25) is 5.91 Å². The standard InChI is InChI=1S/C21H23FN2O3/c1-2-27-21(26)17-6-8-19(9-7-17)23-10-12-24(13-11-23)20(25)15-16-4-3-5-18(22)14-16/h3-9,14H,2,10-13,15H2,1H3. The maximum absolute atomic E-state index is 13.3. The third-order valence-electron chi connectivity index (χ3n) is 4.62. The van der Waals surface area contributed by atoms with E-state index < -0.39 is 0 Å². The van der Waals surface area contributed by atoms with Crippen LogP contribution in [0.4, 0.5) is 10.1 Å². The third-order valence-corrected chi connectivity index (χ3v) is 4.62. The topological polar surface area (TPSA) is 49.9 Å². The van der Waals surface area contributed by atoms with E-state index in [0.717, 1.165) is 5.69 Å². The van der Waals surface area contributed by atoms with E-state index in [0.29, 0.717) is 43.9 Å². The molecule has 1 aliphatic heterocycles. The van der Waals surface area contributed by atoms with Crippen LogP contribution in [0.5, 0.6) is 0 Å². The molecule has 2 aromatic rings. The molecule has 3 rings (SSSR count). The second kappa shape index (κ2) is 8.66. The number of hydrogen-bond donors (Lipinski definition) is 0. The summed E-state index contributed by atoms with van der Waals surface area (Å²) in [4.78, 5) is 28.1. The summed E-state index contributed by atoms with van der Waals surface area (Å²) >= 11 is 0. The Balaban J connectivity index is 1.54. The lowest BCUT2D eigenvalue weighted by molar-refractivity contribution is -0.130. The minimum absolute atomic E-state index is 0.0120. The maximum atomic E-state index is 13.3. The van der Waals surface area contributed by atoms with Crippen LogP contribution in [0.2, 0.25) is 0 Å². The molecule has 1 amide bonds. The highest BCUT2D eigenvalue weighted by Gasteiger charge is 2.21. The van der Waals surface area contributed by atoms with Crippen LogP contribution >= 0.6 is 0 Å². The van der Waals surface area contributed by atoms with Crippen molar-refractivity contribution in [1.29, 1.82) is 0 Å². The van der Waals surface area contributed by atoms with Crippen LogP contribution in [0.3, 0.4) is 0 Å². The Morgan fingerprint density at radius 3 is 2.37 bits per heavy atom. The van der Waals surface area contributed by atoms with Gasteiger partial charge in [-0.05, 0) is 48.9 Å². The largest absolute Gasteiger partial charge is 0.462 e. The van der Waals surface area contributed by atoms with Crippen molar-refractivity contribution in [2.45, 2.75) is 13.3 Å². The number of nitrogens with zero attached hydrogens (tertiary/aromatic N) is 2. The summed E-state index contributed by atoms with van der Waals surface area (Å²) in [5, 5.41) is 0. The molecule has 1 saturated heterocycles. The molecule has 6 heteroatoms. The highest BCUT2D eigenvalue weighted by Crippen LogP contribution is 2.18. The fourth-order valence-corrected chi connectivity index (χ4v) is 3.17. The first-order valence-corrected chi connectivity index (χ1v) is 9.11. The molecule has 1 aliphatic rings. The van der Waals surface area contributed by atoms with Crippen molar-refractivity contribution >= 4 is 17.6 Å². The van der Waals surface area contributed by atoms with Crippen LogP contribution in [-0.4, -0.2) is 49.6 Å². The van der Waals surface area contributed by atoms with Crippen LogP contribution in [0.1, 0.15) is 22.8 Å². The fourth-order valence-electron chi connectivity index (χ4n) is 3.17. The van der Waals surface area contributed by atoms with E-state index in [9.17, 15) is 14.0 Å². The highest BCUT2D eigenvalue weighted by molar-refractivity contribution is 5.89. The number of hydrogen-bond acceptors (Lipinski definition) is 4. The molecule has 5 nitrogen and oxygen atoms in total. The minimum atomic E-state index is -0.323. The van der Waals surface area contributed by atoms with Gasteiger partial charge in [-0.25, -0.2) is 9.18 Å². The molecule has 0 spiro atoms. The number of rotatable bonds is 5. The number of anilines is 1. The first-order valence-electron chi connectivity index (χ1n) is 9.11. The van der Waals surface area contributed by atoms with Gasteiger partial charge in [0.05, 0.1) is 18.6 Å². The van der Waals surface area contributed by atoms with Crippen molar-refractivity contribution in [2.24, 2.45) is 0 Å². The van der Waals surface area contributed by atoms with Crippen LogP contribution in [0, 0.1) is 5.82 Å². The second-order valence-corrected chi connectivity index (χ2v) is 6.44. The number of piperazine rings is 1. The molecule has 1 heterocycles. The Bertz CT molecular complexity index is 799. The zero-order chi connectivity index (χ0) is 19.2. The maximum Gasteiger partial charge on any atom is 0.338 e. The van der Waals surface area contributed by atoms with Crippen molar-refractivity contribution < 1.29 is 18.7 Å². The SMILES string of the molecule is CCOC(=O)c1ccc(N2CCN(C(=O)Cc3cccc(F)c3)CC2)cc1. The monoisotopic (exact) mass is 370 g/mol. The lowest BCUT2D eigenvalue weighted by Crippen LogP contribution is -2.49. The van der Waals surface area contributed by atoms with E-state index in [1.165, 1.54) is 12.1 Å². The lowest BCUT2D eigenvalue weighted by Gasteiger charge is -2.36.